The summed E-state index contributed by atoms with van der Waals surface area (Å²) in [5, 5.41) is 2.87. The summed E-state index contributed by atoms with van der Waals surface area (Å²) in [5.74, 6) is 1.69. The molecule has 0 aliphatic carbocycles. The molecule has 10 heteroatoms. The molecule has 0 spiro atoms. The van der Waals surface area contributed by atoms with Crippen LogP contribution < -0.4 is 14.8 Å². The van der Waals surface area contributed by atoms with E-state index in [-0.39, 0.29) is 17.2 Å². The first kappa shape index (κ1) is 25.5. The number of hydrogen-bond acceptors (Lipinski definition) is 6. The summed E-state index contributed by atoms with van der Waals surface area (Å²) in [6.07, 6.45) is 0.619. The minimum Gasteiger partial charge on any atom is -0.497 e. The minimum atomic E-state index is -3.58. The van der Waals surface area contributed by atoms with Gasteiger partial charge in [-0.1, -0.05) is 13.8 Å². The van der Waals surface area contributed by atoms with E-state index < -0.39 is 10.0 Å². The lowest BCUT2D eigenvalue weighted by Crippen LogP contribution is -2.30. The maximum atomic E-state index is 12.9. The maximum Gasteiger partial charge on any atom is 0.243 e. The van der Waals surface area contributed by atoms with Crippen LogP contribution in [0.5, 0.6) is 11.5 Å². The molecule has 0 unspecified atom stereocenters. The van der Waals surface area contributed by atoms with Gasteiger partial charge in [0.1, 0.15) is 17.3 Å². The van der Waals surface area contributed by atoms with Crippen LogP contribution in [0.1, 0.15) is 33.0 Å². The Hall–Kier alpha value is -3.11. The second kappa shape index (κ2) is 10.9. The van der Waals surface area contributed by atoms with Gasteiger partial charge in [0.15, 0.2) is 0 Å². The Morgan fingerprint density at radius 2 is 1.79 bits per heavy atom. The predicted octanol–water partition coefficient (Wildman–Crippen LogP) is 3.68. The minimum absolute atomic E-state index is 0.178. The highest BCUT2D eigenvalue weighted by Gasteiger charge is 2.23. The van der Waals surface area contributed by atoms with E-state index in [0.717, 1.165) is 11.3 Å². The zero-order valence-electron chi connectivity index (χ0n) is 20.3. The molecule has 1 heterocycles. The Morgan fingerprint density at radius 1 is 1.06 bits per heavy atom. The molecular weight excluding hydrogens is 456 g/mol. The number of fused-ring (bicyclic) bond motifs is 1. The van der Waals surface area contributed by atoms with Crippen LogP contribution in [0, 0.1) is 0 Å². The summed E-state index contributed by atoms with van der Waals surface area (Å²) in [6.45, 7) is 7.08. The fourth-order valence-electron chi connectivity index (χ4n) is 3.92. The first-order valence-electron chi connectivity index (χ1n) is 11.3. The summed E-state index contributed by atoms with van der Waals surface area (Å²) in [4.78, 5) is 17.5. The van der Waals surface area contributed by atoms with Gasteiger partial charge in [-0.15, -0.1) is 0 Å². The van der Waals surface area contributed by atoms with Gasteiger partial charge in [-0.25, -0.2) is 13.4 Å². The van der Waals surface area contributed by atoms with E-state index in [1.807, 2.05) is 25.3 Å². The molecule has 1 aromatic heterocycles. The number of methoxy groups -OCH3 is 2. The molecule has 9 nitrogen and oxygen atoms in total. The van der Waals surface area contributed by atoms with Crippen LogP contribution in [-0.4, -0.2) is 55.5 Å². The molecule has 0 radical (unpaired) electrons. The SMILES string of the molecule is CCN(CC)S(=O)(=O)c1ccc2c(c1)nc(CCC(=O)Nc1ccc(OC)cc1OC)n2CC. The number of carbonyl (C=O) groups excluding carboxylic acids is 1. The molecule has 184 valence electrons. The van der Waals surface area contributed by atoms with Crippen LogP contribution in [0.15, 0.2) is 41.3 Å². The van der Waals surface area contributed by atoms with E-state index in [1.54, 1.807) is 43.5 Å². The summed E-state index contributed by atoms with van der Waals surface area (Å²) >= 11 is 0. The van der Waals surface area contributed by atoms with Gasteiger partial charge >= 0.3 is 0 Å². The van der Waals surface area contributed by atoms with E-state index in [0.29, 0.717) is 48.8 Å². The van der Waals surface area contributed by atoms with Gasteiger partial charge < -0.3 is 19.4 Å². The Bertz CT molecular complexity index is 1270. The Balaban J connectivity index is 1.80. The number of benzene rings is 2. The number of hydrogen-bond donors (Lipinski definition) is 1. The molecule has 2 aromatic carbocycles. The van der Waals surface area contributed by atoms with Gasteiger partial charge in [-0.2, -0.15) is 4.31 Å². The van der Waals surface area contributed by atoms with Crippen molar-refractivity contribution in [3.8, 4) is 11.5 Å². The van der Waals surface area contributed by atoms with E-state index >= 15 is 0 Å². The molecule has 1 N–H and O–H groups in total. The lowest BCUT2D eigenvalue weighted by atomic mass is 10.2. The summed E-state index contributed by atoms with van der Waals surface area (Å²) in [5.41, 5.74) is 2.00. The number of amides is 1. The van der Waals surface area contributed by atoms with Crippen LogP contribution >= 0.6 is 0 Å². The third kappa shape index (κ3) is 5.18. The zero-order chi connectivity index (χ0) is 24.9. The van der Waals surface area contributed by atoms with Gasteiger partial charge in [0.05, 0.1) is 35.8 Å². The topological polar surface area (TPSA) is 103 Å². The number of carbonyl (C=O) groups is 1. The number of imidazole rings is 1. The molecule has 0 aliphatic heterocycles. The molecule has 0 saturated heterocycles. The van der Waals surface area contributed by atoms with Crippen LogP contribution in [0.3, 0.4) is 0 Å². The van der Waals surface area contributed by atoms with Gasteiger partial charge in [0, 0.05) is 38.5 Å². The van der Waals surface area contributed by atoms with Crippen molar-refractivity contribution in [2.24, 2.45) is 0 Å². The molecule has 0 fully saturated rings. The van der Waals surface area contributed by atoms with Crippen molar-refractivity contribution in [3.05, 3.63) is 42.2 Å². The lowest BCUT2D eigenvalue weighted by Gasteiger charge is -2.18. The highest BCUT2D eigenvalue weighted by molar-refractivity contribution is 7.89. The Morgan fingerprint density at radius 3 is 2.41 bits per heavy atom. The molecule has 1 amide bonds. The smallest absolute Gasteiger partial charge is 0.243 e. The summed E-state index contributed by atoms with van der Waals surface area (Å²) in [7, 11) is -0.481. The van der Waals surface area contributed by atoms with Crippen LogP contribution in [0.4, 0.5) is 5.69 Å². The molecule has 0 aliphatic rings. The first-order chi connectivity index (χ1) is 16.3. The predicted molar refractivity (Wildman–Crippen MR) is 132 cm³/mol. The fourth-order valence-corrected chi connectivity index (χ4v) is 5.39. The number of sulfonamides is 1. The third-order valence-electron chi connectivity index (χ3n) is 5.72. The van der Waals surface area contributed by atoms with E-state index in [4.69, 9.17) is 9.47 Å². The van der Waals surface area contributed by atoms with Crippen molar-refractivity contribution in [2.75, 3.05) is 32.6 Å². The molecule has 0 bridgehead atoms. The molecule has 3 rings (SSSR count). The van der Waals surface area contributed by atoms with Crippen LogP contribution in [0.2, 0.25) is 0 Å². The van der Waals surface area contributed by atoms with Crippen molar-refractivity contribution in [1.82, 2.24) is 13.9 Å². The average Bonchev–Trinajstić information content (AvgIpc) is 3.20. The molecule has 34 heavy (non-hydrogen) atoms. The van der Waals surface area contributed by atoms with Gasteiger partial charge in [0.25, 0.3) is 0 Å². The standard InChI is InChI=1S/C24H32N4O5S/c1-6-27(7-2)34(30,31)18-10-12-21-20(16-18)25-23(28(21)8-3)13-14-24(29)26-19-11-9-17(32-4)15-22(19)33-5/h9-12,15-16H,6-8,13-14H2,1-5H3,(H,26,29). The van der Waals surface area contributed by atoms with E-state index in [2.05, 4.69) is 10.3 Å². The number of aryl methyl sites for hydroxylation is 2. The molecule has 0 saturated carbocycles. The Kier molecular flexibility index (Phi) is 8.16. The molecule has 3 aromatic rings. The summed E-state index contributed by atoms with van der Waals surface area (Å²) in [6, 6.07) is 10.2. The second-order valence-corrected chi connectivity index (χ2v) is 9.56. The van der Waals surface area contributed by atoms with Crippen molar-refractivity contribution in [3.63, 3.8) is 0 Å². The van der Waals surface area contributed by atoms with Crippen LogP contribution in [0.25, 0.3) is 11.0 Å². The molecular formula is C24H32N4O5S. The van der Waals surface area contributed by atoms with E-state index in [9.17, 15) is 13.2 Å². The largest absolute Gasteiger partial charge is 0.497 e. The monoisotopic (exact) mass is 488 g/mol. The number of anilines is 1. The number of rotatable bonds is 11. The number of nitrogens with zero attached hydrogens (tertiary/aromatic N) is 3. The van der Waals surface area contributed by atoms with Gasteiger partial charge in [-0.3, -0.25) is 4.79 Å². The van der Waals surface area contributed by atoms with Crippen molar-refractivity contribution >= 4 is 32.7 Å². The lowest BCUT2D eigenvalue weighted by molar-refractivity contribution is -0.116. The maximum absolute atomic E-state index is 12.9. The number of nitrogens with one attached hydrogen (secondary N) is 1. The van der Waals surface area contributed by atoms with Crippen LogP contribution in [-0.2, 0) is 27.8 Å². The fraction of sp³-hybridized carbons (Fsp3) is 0.417. The first-order valence-corrected chi connectivity index (χ1v) is 12.7. The van der Waals surface area contributed by atoms with Gasteiger partial charge in [0.2, 0.25) is 15.9 Å². The van der Waals surface area contributed by atoms with E-state index in [1.165, 1.54) is 11.4 Å². The van der Waals surface area contributed by atoms with Crippen molar-refractivity contribution in [1.29, 1.82) is 0 Å². The quantitative estimate of drug-likeness (QED) is 0.442. The molecule has 0 atom stereocenters. The number of ether oxygens (including phenoxy) is 2. The highest BCUT2D eigenvalue weighted by atomic mass is 32.2. The normalized spacial score (nSPS) is 11.7. The van der Waals surface area contributed by atoms with Crippen molar-refractivity contribution in [2.45, 2.75) is 45.1 Å². The average molecular weight is 489 g/mol. The zero-order valence-corrected chi connectivity index (χ0v) is 21.1. The Labute approximate surface area is 200 Å². The number of aromatic nitrogens is 2. The van der Waals surface area contributed by atoms with Crippen molar-refractivity contribution < 1.29 is 22.7 Å². The second-order valence-electron chi connectivity index (χ2n) is 7.63. The summed E-state index contributed by atoms with van der Waals surface area (Å²) < 4.78 is 39.7. The van der Waals surface area contributed by atoms with Gasteiger partial charge in [-0.05, 0) is 37.3 Å². The third-order valence-corrected chi connectivity index (χ3v) is 7.76. The highest BCUT2D eigenvalue weighted by Crippen LogP contribution is 2.29.